The lowest BCUT2D eigenvalue weighted by Gasteiger charge is -2.26. The fraction of sp³-hybridized carbons (Fsp3) is 0.296. The Balaban J connectivity index is 1.24. The molecule has 214 valence electrons. The third-order valence-electron chi connectivity index (χ3n) is 5.94. The monoisotopic (exact) mass is 589 g/mol. The summed E-state index contributed by atoms with van der Waals surface area (Å²) in [4.78, 5) is 12.5. The first-order valence-electron chi connectivity index (χ1n) is 12.6. The molecule has 3 aromatic carbocycles. The zero-order valence-electron chi connectivity index (χ0n) is 21.9. The predicted molar refractivity (Wildman–Crippen MR) is 148 cm³/mol. The van der Waals surface area contributed by atoms with Crippen molar-refractivity contribution in [1.82, 2.24) is 9.62 Å². The van der Waals surface area contributed by atoms with Crippen molar-refractivity contribution >= 4 is 31.6 Å². The Kier molecular flexibility index (Phi) is 9.63. The average Bonchev–Trinajstić information content (AvgIpc) is 2.97. The van der Waals surface area contributed by atoms with E-state index in [4.69, 9.17) is 14.2 Å². The number of sulfonamides is 2. The van der Waals surface area contributed by atoms with E-state index < -0.39 is 20.0 Å². The van der Waals surface area contributed by atoms with E-state index in [1.54, 1.807) is 36.4 Å². The third-order valence-corrected chi connectivity index (χ3v) is 9.25. The number of carbonyl (C=O) groups excluding carboxylic acids is 1. The summed E-state index contributed by atoms with van der Waals surface area (Å²) < 4.78 is 70.7. The van der Waals surface area contributed by atoms with Crippen molar-refractivity contribution in [2.24, 2.45) is 0 Å². The van der Waals surface area contributed by atoms with Gasteiger partial charge >= 0.3 is 0 Å². The van der Waals surface area contributed by atoms with Crippen molar-refractivity contribution in [2.45, 2.75) is 23.3 Å². The summed E-state index contributed by atoms with van der Waals surface area (Å²) in [7, 11) is -7.40. The van der Waals surface area contributed by atoms with Crippen LogP contribution in [0, 0.1) is 0 Å². The van der Waals surface area contributed by atoms with Crippen LogP contribution in [0.1, 0.15) is 12.5 Å². The highest BCUT2D eigenvalue weighted by atomic mass is 32.2. The lowest BCUT2D eigenvalue weighted by molar-refractivity contribution is -0.123. The molecule has 1 saturated heterocycles. The Morgan fingerprint density at radius 1 is 0.825 bits per heavy atom. The van der Waals surface area contributed by atoms with Crippen molar-refractivity contribution in [1.29, 1.82) is 0 Å². The maximum atomic E-state index is 12.7. The highest BCUT2D eigenvalue weighted by Crippen LogP contribution is 2.22. The summed E-state index contributed by atoms with van der Waals surface area (Å²) in [6.07, 6.45) is 0. The van der Waals surface area contributed by atoms with Gasteiger partial charge < -0.3 is 19.5 Å². The van der Waals surface area contributed by atoms with E-state index in [1.807, 2.05) is 6.92 Å². The van der Waals surface area contributed by atoms with Gasteiger partial charge in [-0.1, -0.05) is 12.1 Å². The summed E-state index contributed by atoms with van der Waals surface area (Å²) in [6, 6.07) is 18.6. The first-order valence-corrected chi connectivity index (χ1v) is 15.5. The highest BCUT2D eigenvalue weighted by molar-refractivity contribution is 7.92. The van der Waals surface area contributed by atoms with E-state index in [-0.39, 0.29) is 28.8 Å². The third kappa shape index (κ3) is 7.72. The van der Waals surface area contributed by atoms with Gasteiger partial charge in [-0.15, -0.1) is 0 Å². The van der Waals surface area contributed by atoms with Crippen molar-refractivity contribution in [3.63, 3.8) is 0 Å². The lowest BCUT2D eigenvalue weighted by atomic mass is 10.2. The Labute approximate surface area is 234 Å². The van der Waals surface area contributed by atoms with Gasteiger partial charge in [-0.2, -0.15) is 4.31 Å². The van der Waals surface area contributed by atoms with Crippen LogP contribution in [-0.2, 0) is 36.1 Å². The molecule has 0 bridgehead atoms. The van der Waals surface area contributed by atoms with Gasteiger partial charge in [0.1, 0.15) is 11.5 Å². The predicted octanol–water partition coefficient (Wildman–Crippen LogP) is 2.60. The second-order valence-electron chi connectivity index (χ2n) is 8.76. The number of benzene rings is 3. The number of amides is 1. The molecule has 0 aliphatic carbocycles. The zero-order valence-corrected chi connectivity index (χ0v) is 23.5. The number of morpholine rings is 1. The molecule has 1 aliphatic rings. The molecule has 1 fully saturated rings. The molecule has 0 radical (unpaired) electrons. The van der Waals surface area contributed by atoms with Crippen molar-refractivity contribution in [2.75, 3.05) is 44.2 Å². The zero-order chi connectivity index (χ0) is 28.6. The SMILES string of the molecule is CCOc1ccc(NS(=O)(=O)c2ccc(OCC(=O)NCc3ccc(S(=O)(=O)N4CCOCC4)cc3)cc2)cc1. The molecule has 4 rings (SSSR count). The summed E-state index contributed by atoms with van der Waals surface area (Å²) in [5, 5.41) is 2.71. The van der Waals surface area contributed by atoms with Crippen LogP contribution < -0.4 is 19.5 Å². The smallest absolute Gasteiger partial charge is 0.261 e. The molecule has 0 unspecified atom stereocenters. The van der Waals surface area contributed by atoms with Crippen LogP contribution in [0.2, 0.25) is 0 Å². The summed E-state index contributed by atoms with van der Waals surface area (Å²) in [5.41, 5.74) is 1.12. The molecule has 1 aliphatic heterocycles. The fourth-order valence-electron chi connectivity index (χ4n) is 3.83. The van der Waals surface area contributed by atoms with E-state index in [1.165, 1.54) is 40.7 Å². The molecule has 0 atom stereocenters. The second kappa shape index (κ2) is 13.1. The van der Waals surface area contributed by atoms with Crippen LogP contribution in [0.3, 0.4) is 0 Å². The van der Waals surface area contributed by atoms with Gasteiger partial charge in [0.25, 0.3) is 15.9 Å². The number of nitrogens with zero attached hydrogens (tertiary/aromatic N) is 1. The van der Waals surface area contributed by atoms with Crippen LogP contribution in [0.4, 0.5) is 5.69 Å². The first kappa shape index (κ1) is 29.3. The number of hydrogen-bond acceptors (Lipinski definition) is 8. The van der Waals surface area contributed by atoms with Crippen molar-refractivity contribution in [3.05, 3.63) is 78.4 Å². The summed E-state index contributed by atoms with van der Waals surface area (Å²) >= 11 is 0. The number of nitrogens with one attached hydrogen (secondary N) is 2. The standard InChI is InChI=1S/C27H31N3O8S2/c1-2-37-23-7-5-22(6-8-23)29-39(32,33)25-13-9-24(10-14-25)38-20-27(31)28-19-21-3-11-26(12-4-21)40(34,35)30-15-17-36-18-16-30/h3-14,29H,2,15-20H2,1H3,(H,28,31). The maximum absolute atomic E-state index is 12.7. The molecule has 40 heavy (non-hydrogen) atoms. The number of rotatable bonds is 12. The van der Waals surface area contributed by atoms with Gasteiger partial charge in [0.15, 0.2) is 6.61 Å². The molecule has 0 spiro atoms. The first-order chi connectivity index (χ1) is 19.2. The van der Waals surface area contributed by atoms with Crippen LogP contribution in [0.25, 0.3) is 0 Å². The van der Waals surface area contributed by atoms with Crippen LogP contribution in [-0.4, -0.2) is 66.6 Å². The topological polar surface area (TPSA) is 140 Å². The number of carbonyl (C=O) groups is 1. The van der Waals surface area contributed by atoms with Gasteiger partial charge in [-0.25, -0.2) is 16.8 Å². The molecule has 11 nitrogen and oxygen atoms in total. The molecule has 0 saturated carbocycles. The highest BCUT2D eigenvalue weighted by Gasteiger charge is 2.26. The van der Waals surface area contributed by atoms with Gasteiger partial charge in [0, 0.05) is 25.3 Å². The molecular formula is C27H31N3O8S2. The fourth-order valence-corrected chi connectivity index (χ4v) is 6.30. The van der Waals surface area contributed by atoms with Gasteiger partial charge in [-0.3, -0.25) is 9.52 Å². The summed E-state index contributed by atoms with van der Waals surface area (Å²) in [6.45, 7) is 3.67. The van der Waals surface area contributed by atoms with Crippen LogP contribution >= 0.6 is 0 Å². The molecule has 13 heteroatoms. The van der Waals surface area contributed by atoms with Crippen LogP contribution in [0.15, 0.2) is 82.6 Å². The Morgan fingerprint density at radius 2 is 1.40 bits per heavy atom. The molecule has 1 heterocycles. The quantitative estimate of drug-likeness (QED) is 0.329. The Hall–Kier alpha value is -3.65. The minimum absolute atomic E-state index is 0.0391. The normalized spacial score (nSPS) is 14.3. The van der Waals surface area contributed by atoms with Crippen molar-refractivity contribution < 1.29 is 35.8 Å². The number of ether oxygens (including phenoxy) is 3. The largest absolute Gasteiger partial charge is 0.494 e. The average molecular weight is 590 g/mol. The summed E-state index contributed by atoms with van der Waals surface area (Å²) in [5.74, 6) is 0.579. The molecule has 1 amide bonds. The lowest BCUT2D eigenvalue weighted by Crippen LogP contribution is -2.40. The van der Waals surface area contributed by atoms with E-state index in [2.05, 4.69) is 10.0 Å². The van der Waals surface area contributed by atoms with E-state index in [0.717, 1.165) is 5.56 Å². The van der Waals surface area contributed by atoms with Gasteiger partial charge in [0.2, 0.25) is 10.0 Å². The van der Waals surface area contributed by atoms with Gasteiger partial charge in [0.05, 0.1) is 29.6 Å². The number of anilines is 1. The van der Waals surface area contributed by atoms with E-state index >= 15 is 0 Å². The molecule has 0 aromatic heterocycles. The Morgan fingerprint density at radius 3 is 2.02 bits per heavy atom. The van der Waals surface area contributed by atoms with Gasteiger partial charge in [-0.05, 0) is 73.2 Å². The minimum atomic E-state index is -3.82. The molecule has 3 aromatic rings. The van der Waals surface area contributed by atoms with E-state index in [0.29, 0.717) is 50.1 Å². The maximum Gasteiger partial charge on any atom is 0.261 e. The second-order valence-corrected chi connectivity index (χ2v) is 12.4. The van der Waals surface area contributed by atoms with Crippen molar-refractivity contribution in [3.8, 4) is 11.5 Å². The Bertz CT molecular complexity index is 1490. The molecular weight excluding hydrogens is 558 g/mol. The number of hydrogen-bond donors (Lipinski definition) is 2. The minimum Gasteiger partial charge on any atom is -0.494 e. The van der Waals surface area contributed by atoms with E-state index in [9.17, 15) is 21.6 Å². The molecule has 2 N–H and O–H groups in total. The van der Waals surface area contributed by atoms with Crippen LogP contribution in [0.5, 0.6) is 11.5 Å².